The van der Waals surface area contributed by atoms with E-state index in [9.17, 15) is 8.42 Å². The molecule has 0 spiro atoms. The zero-order valence-corrected chi connectivity index (χ0v) is 16.3. The number of rotatable bonds is 6. The van der Waals surface area contributed by atoms with Gasteiger partial charge in [0.2, 0.25) is 10.0 Å². The fraction of sp³-hybridized carbons (Fsp3) is 0.684. The highest BCUT2D eigenvalue weighted by atomic mass is 32.2. The molecule has 1 aromatic rings. The van der Waals surface area contributed by atoms with Crippen molar-refractivity contribution in [3.8, 4) is 5.75 Å². The summed E-state index contributed by atoms with van der Waals surface area (Å²) < 4.78 is 44.3. The van der Waals surface area contributed by atoms with Crippen molar-refractivity contribution in [1.82, 2.24) is 4.72 Å². The molecule has 0 aliphatic carbocycles. The van der Waals surface area contributed by atoms with E-state index in [1.54, 1.807) is 13.8 Å². The molecule has 2 heterocycles. The number of sulfonamides is 1. The molecule has 146 valence electrons. The molecular weight excluding hydrogens is 354 g/mol. The van der Waals surface area contributed by atoms with Gasteiger partial charge >= 0.3 is 0 Å². The zero-order valence-electron chi connectivity index (χ0n) is 15.5. The van der Waals surface area contributed by atoms with Gasteiger partial charge in [0.25, 0.3) is 0 Å². The molecule has 7 heteroatoms. The van der Waals surface area contributed by atoms with E-state index in [0.29, 0.717) is 13.2 Å². The molecule has 6 nitrogen and oxygen atoms in total. The summed E-state index contributed by atoms with van der Waals surface area (Å²) in [6.07, 6.45) is 3.76. The Morgan fingerprint density at radius 3 is 2.54 bits per heavy atom. The second kappa shape index (κ2) is 8.69. The number of benzene rings is 1. The lowest BCUT2D eigenvalue weighted by Gasteiger charge is -2.33. The van der Waals surface area contributed by atoms with Gasteiger partial charge in [0.15, 0.2) is 6.29 Å². The van der Waals surface area contributed by atoms with E-state index in [0.717, 1.165) is 43.6 Å². The third-order valence-electron chi connectivity index (χ3n) is 5.01. The Bertz CT molecular complexity index is 668. The van der Waals surface area contributed by atoms with Gasteiger partial charge in [0.1, 0.15) is 5.75 Å². The van der Waals surface area contributed by atoms with Crippen LogP contribution in [0.4, 0.5) is 0 Å². The van der Waals surface area contributed by atoms with Gasteiger partial charge in [-0.15, -0.1) is 0 Å². The molecule has 3 rings (SSSR count). The van der Waals surface area contributed by atoms with Crippen LogP contribution in [0, 0.1) is 0 Å². The van der Waals surface area contributed by atoms with Crippen LogP contribution in [0.5, 0.6) is 5.75 Å². The standard InChI is InChI=1S/C19H29NO5S/c1-14(2)26(21,22)20-18-13-23-12-10-17(18)15-6-8-16(9-7-15)25-19-5-3-4-11-24-19/h6-9,14,17-20H,3-5,10-13H2,1-2H3/t17-,18+,19?/m0/s1. The van der Waals surface area contributed by atoms with Crippen LogP contribution in [0.3, 0.4) is 0 Å². The monoisotopic (exact) mass is 383 g/mol. The third-order valence-corrected chi connectivity index (χ3v) is 6.88. The lowest BCUT2D eigenvalue weighted by atomic mass is 9.88. The molecule has 1 unspecified atom stereocenters. The second-order valence-corrected chi connectivity index (χ2v) is 9.54. The molecule has 1 aromatic carbocycles. The topological polar surface area (TPSA) is 73.9 Å². The van der Waals surface area contributed by atoms with E-state index < -0.39 is 15.3 Å². The van der Waals surface area contributed by atoms with Crippen LogP contribution in [0.25, 0.3) is 0 Å². The first-order chi connectivity index (χ1) is 12.5. The van der Waals surface area contributed by atoms with Crippen molar-refractivity contribution in [1.29, 1.82) is 0 Å². The fourth-order valence-electron chi connectivity index (χ4n) is 3.35. The highest BCUT2D eigenvalue weighted by molar-refractivity contribution is 7.90. The quantitative estimate of drug-likeness (QED) is 0.818. The van der Waals surface area contributed by atoms with Crippen molar-refractivity contribution in [2.75, 3.05) is 19.8 Å². The summed E-state index contributed by atoms with van der Waals surface area (Å²) in [4.78, 5) is 0. The van der Waals surface area contributed by atoms with Crippen LogP contribution in [0.1, 0.15) is 51.0 Å². The first kappa shape index (κ1) is 19.6. The minimum absolute atomic E-state index is 0.0947. The van der Waals surface area contributed by atoms with Crippen molar-refractivity contribution >= 4 is 10.0 Å². The molecule has 3 atom stereocenters. The Morgan fingerprint density at radius 1 is 1.12 bits per heavy atom. The summed E-state index contributed by atoms with van der Waals surface area (Å²) in [6, 6.07) is 7.67. The molecule has 2 aliphatic heterocycles. The molecule has 2 saturated heterocycles. The van der Waals surface area contributed by atoms with Gasteiger partial charge < -0.3 is 14.2 Å². The first-order valence-electron chi connectivity index (χ1n) is 9.43. The molecule has 26 heavy (non-hydrogen) atoms. The largest absolute Gasteiger partial charge is 0.465 e. The summed E-state index contributed by atoms with van der Waals surface area (Å²) in [5.41, 5.74) is 1.10. The number of nitrogens with one attached hydrogen (secondary N) is 1. The van der Waals surface area contributed by atoms with Crippen LogP contribution in [-0.4, -0.2) is 45.8 Å². The summed E-state index contributed by atoms with van der Waals surface area (Å²) in [7, 11) is -3.34. The van der Waals surface area contributed by atoms with E-state index in [-0.39, 0.29) is 18.2 Å². The van der Waals surface area contributed by atoms with Crippen molar-refractivity contribution in [3.63, 3.8) is 0 Å². The van der Waals surface area contributed by atoms with Crippen LogP contribution in [0.2, 0.25) is 0 Å². The Hall–Kier alpha value is -1.15. The summed E-state index contributed by atoms with van der Waals surface area (Å²) in [6.45, 7) is 5.15. The summed E-state index contributed by atoms with van der Waals surface area (Å²) in [5.74, 6) is 0.879. The van der Waals surface area contributed by atoms with Gasteiger partial charge in [-0.2, -0.15) is 0 Å². The number of ether oxygens (including phenoxy) is 3. The lowest BCUT2D eigenvalue weighted by Crippen LogP contribution is -2.47. The number of hydrogen-bond acceptors (Lipinski definition) is 5. The summed E-state index contributed by atoms with van der Waals surface area (Å²) in [5, 5.41) is -0.462. The van der Waals surface area contributed by atoms with Gasteiger partial charge in [-0.1, -0.05) is 12.1 Å². The Labute approximate surface area is 156 Å². The van der Waals surface area contributed by atoms with Crippen molar-refractivity contribution in [2.24, 2.45) is 0 Å². The van der Waals surface area contributed by atoms with Crippen molar-refractivity contribution in [3.05, 3.63) is 29.8 Å². The van der Waals surface area contributed by atoms with Gasteiger partial charge in [0.05, 0.1) is 24.5 Å². The van der Waals surface area contributed by atoms with Crippen LogP contribution >= 0.6 is 0 Å². The predicted octanol–water partition coefficient (Wildman–Crippen LogP) is 2.79. The second-order valence-electron chi connectivity index (χ2n) is 7.27. The van der Waals surface area contributed by atoms with Gasteiger partial charge in [0, 0.05) is 18.9 Å². The van der Waals surface area contributed by atoms with Crippen molar-refractivity contribution in [2.45, 2.75) is 63.0 Å². The fourth-order valence-corrected chi connectivity index (χ4v) is 4.28. The normalized spacial score (nSPS) is 27.4. The average molecular weight is 384 g/mol. The van der Waals surface area contributed by atoms with Gasteiger partial charge in [-0.3, -0.25) is 0 Å². The Balaban J connectivity index is 1.67. The Kier molecular flexibility index (Phi) is 6.55. The maximum atomic E-state index is 12.3. The maximum Gasteiger partial charge on any atom is 0.214 e. The molecule has 0 amide bonds. The van der Waals surface area contributed by atoms with Crippen LogP contribution < -0.4 is 9.46 Å². The molecule has 0 aromatic heterocycles. The highest BCUT2D eigenvalue weighted by Crippen LogP contribution is 2.30. The average Bonchev–Trinajstić information content (AvgIpc) is 2.63. The van der Waals surface area contributed by atoms with E-state index in [1.807, 2.05) is 24.3 Å². The van der Waals surface area contributed by atoms with E-state index in [2.05, 4.69) is 4.72 Å². The molecule has 1 N–H and O–H groups in total. The SMILES string of the molecule is CC(C)S(=O)(=O)N[C@@H]1COCC[C@H]1c1ccc(OC2CCCCO2)cc1. The lowest BCUT2D eigenvalue weighted by molar-refractivity contribution is -0.105. The minimum Gasteiger partial charge on any atom is -0.465 e. The predicted molar refractivity (Wildman–Crippen MR) is 99.8 cm³/mol. The van der Waals surface area contributed by atoms with Crippen LogP contribution in [-0.2, 0) is 19.5 Å². The molecule has 0 saturated carbocycles. The van der Waals surface area contributed by atoms with Gasteiger partial charge in [-0.25, -0.2) is 13.1 Å². The van der Waals surface area contributed by atoms with Gasteiger partial charge in [-0.05, 0) is 50.8 Å². The van der Waals surface area contributed by atoms with Crippen molar-refractivity contribution < 1.29 is 22.6 Å². The minimum atomic E-state index is -3.34. The summed E-state index contributed by atoms with van der Waals surface area (Å²) >= 11 is 0. The van der Waals surface area contributed by atoms with Crippen LogP contribution in [0.15, 0.2) is 24.3 Å². The smallest absolute Gasteiger partial charge is 0.214 e. The first-order valence-corrected chi connectivity index (χ1v) is 11.0. The van der Waals surface area contributed by atoms with E-state index >= 15 is 0 Å². The molecule has 0 radical (unpaired) electrons. The third kappa shape index (κ3) is 4.97. The number of hydrogen-bond donors (Lipinski definition) is 1. The Morgan fingerprint density at radius 2 is 1.88 bits per heavy atom. The maximum absolute atomic E-state index is 12.3. The molecular formula is C19H29NO5S. The van der Waals surface area contributed by atoms with E-state index in [4.69, 9.17) is 14.2 Å². The zero-order chi connectivity index (χ0) is 18.6. The molecule has 2 fully saturated rings. The molecule has 2 aliphatic rings. The molecule has 0 bridgehead atoms. The van der Waals surface area contributed by atoms with E-state index in [1.165, 1.54) is 0 Å². The highest BCUT2D eigenvalue weighted by Gasteiger charge is 2.31.